The SMILES string of the molecule is NC1NC(=O)NC2C1NCN2[C@H]1C[C@H](O)[C@@H](CO)O1. The largest absolute Gasteiger partial charge is 0.394 e. The molecule has 6 atom stereocenters. The first kappa shape index (κ1) is 13.0. The summed E-state index contributed by atoms with van der Waals surface area (Å²) in [5.74, 6) is 0. The van der Waals surface area contributed by atoms with Crippen molar-refractivity contribution in [3.05, 3.63) is 0 Å². The van der Waals surface area contributed by atoms with E-state index < -0.39 is 18.4 Å². The van der Waals surface area contributed by atoms with Gasteiger partial charge < -0.3 is 31.3 Å². The molecule has 9 nitrogen and oxygen atoms in total. The molecule has 0 bridgehead atoms. The van der Waals surface area contributed by atoms with Crippen LogP contribution in [0.1, 0.15) is 6.42 Å². The summed E-state index contributed by atoms with van der Waals surface area (Å²) in [6.45, 7) is 0.279. The molecule has 7 N–H and O–H groups in total. The third kappa shape index (κ3) is 2.18. The molecule has 2 amide bonds. The second kappa shape index (κ2) is 4.85. The number of carbonyl (C=O) groups is 1. The number of amides is 2. The number of aliphatic hydroxyl groups is 2. The van der Waals surface area contributed by atoms with Crippen molar-refractivity contribution >= 4 is 6.03 Å². The molecule has 0 aromatic heterocycles. The summed E-state index contributed by atoms with van der Waals surface area (Å²) >= 11 is 0. The molecule has 3 aliphatic heterocycles. The van der Waals surface area contributed by atoms with E-state index >= 15 is 0 Å². The van der Waals surface area contributed by atoms with Gasteiger partial charge in [0.15, 0.2) is 0 Å². The smallest absolute Gasteiger partial charge is 0.317 e. The van der Waals surface area contributed by atoms with Crippen LogP contribution < -0.4 is 21.7 Å². The number of nitrogens with one attached hydrogen (secondary N) is 3. The van der Waals surface area contributed by atoms with Crippen LogP contribution >= 0.6 is 0 Å². The van der Waals surface area contributed by atoms with E-state index in [1.165, 1.54) is 0 Å². The van der Waals surface area contributed by atoms with Gasteiger partial charge in [0.1, 0.15) is 18.5 Å². The summed E-state index contributed by atoms with van der Waals surface area (Å²) in [4.78, 5) is 13.4. The molecule has 3 rings (SSSR count). The molecule has 0 radical (unpaired) electrons. The number of urea groups is 1. The fourth-order valence-corrected chi connectivity index (χ4v) is 2.91. The average molecular weight is 273 g/mol. The second-order valence-electron chi connectivity index (χ2n) is 5.11. The number of hydrogen-bond donors (Lipinski definition) is 6. The van der Waals surface area contributed by atoms with E-state index in [9.17, 15) is 9.90 Å². The van der Waals surface area contributed by atoms with E-state index in [-0.39, 0.29) is 31.1 Å². The number of hydrogen-bond acceptors (Lipinski definition) is 7. The Labute approximate surface area is 110 Å². The number of fused-ring (bicyclic) bond motifs is 1. The Kier molecular flexibility index (Phi) is 3.33. The molecular formula is C10H19N5O4. The number of nitrogens with zero attached hydrogens (tertiary/aromatic N) is 1. The molecule has 0 aliphatic carbocycles. The molecule has 3 fully saturated rings. The topological polar surface area (TPSA) is 132 Å². The predicted molar refractivity (Wildman–Crippen MR) is 63.4 cm³/mol. The predicted octanol–water partition coefficient (Wildman–Crippen LogP) is -3.39. The Balaban J connectivity index is 1.71. The maximum Gasteiger partial charge on any atom is 0.317 e. The van der Waals surface area contributed by atoms with Crippen molar-refractivity contribution in [1.29, 1.82) is 0 Å². The van der Waals surface area contributed by atoms with E-state index in [1.54, 1.807) is 0 Å². The van der Waals surface area contributed by atoms with Gasteiger partial charge in [-0.25, -0.2) is 9.69 Å². The van der Waals surface area contributed by atoms with Gasteiger partial charge >= 0.3 is 6.03 Å². The Morgan fingerprint density at radius 1 is 1.47 bits per heavy atom. The van der Waals surface area contributed by atoms with E-state index in [1.807, 2.05) is 4.90 Å². The number of aliphatic hydroxyl groups excluding tert-OH is 2. The molecule has 3 saturated heterocycles. The van der Waals surface area contributed by atoms with E-state index in [4.69, 9.17) is 15.6 Å². The van der Waals surface area contributed by atoms with E-state index in [0.29, 0.717) is 13.1 Å². The van der Waals surface area contributed by atoms with Crippen LogP contribution in [0.5, 0.6) is 0 Å². The Morgan fingerprint density at radius 3 is 2.95 bits per heavy atom. The van der Waals surface area contributed by atoms with Crippen molar-refractivity contribution in [1.82, 2.24) is 20.9 Å². The van der Waals surface area contributed by atoms with Gasteiger partial charge in [-0.2, -0.15) is 0 Å². The quantitative estimate of drug-likeness (QED) is 0.309. The van der Waals surface area contributed by atoms with Crippen LogP contribution in [0, 0.1) is 0 Å². The molecule has 0 aromatic rings. The lowest BCUT2D eigenvalue weighted by atomic mass is 10.1. The third-order valence-electron chi connectivity index (χ3n) is 3.92. The van der Waals surface area contributed by atoms with Gasteiger partial charge in [0.2, 0.25) is 0 Å². The van der Waals surface area contributed by atoms with Crippen LogP contribution in [0.4, 0.5) is 4.79 Å². The maximum atomic E-state index is 11.5. The highest BCUT2D eigenvalue weighted by Gasteiger charge is 2.48. The molecule has 3 unspecified atom stereocenters. The number of nitrogens with two attached hydrogens (primary N) is 1. The molecule has 3 heterocycles. The summed E-state index contributed by atoms with van der Waals surface area (Å²) in [7, 11) is 0. The van der Waals surface area contributed by atoms with Crippen LogP contribution in [0.15, 0.2) is 0 Å². The van der Waals surface area contributed by atoms with Crippen molar-refractivity contribution in [3.63, 3.8) is 0 Å². The minimum absolute atomic E-state index is 0.119. The normalized spacial score (nSPS) is 46.8. The molecule has 0 spiro atoms. The average Bonchev–Trinajstić information content (AvgIpc) is 2.92. The summed E-state index contributed by atoms with van der Waals surface area (Å²) in [6, 6.07) is -0.439. The maximum absolute atomic E-state index is 11.5. The highest BCUT2D eigenvalue weighted by atomic mass is 16.5. The van der Waals surface area contributed by atoms with Gasteiger partial charge in [-0.1, -0.05) is 0 Å². The lowest BCUT2D eigenvalue weighted by Crippen LogP contribution is -2.70. The lowest BCUT2D eigenvalue weighted by molar-refractivity contribution is -0.0869. The zero-order valence-corrected chi connectivity index (χ0v) is 10.3. The first-order chi connectivity index (χ1) is 9.10. The number of carbonyl (C=O) groups excluding carboxylic acids is 1. The van der Waals surface area contributed by atoms with E-state index in [2.05, 4.69) is 16.0 Å². The van der Waals surface area contributed by atoms with Crippen LogP contribution in [0.2, 0.25) is 0 Å². The molecule has 9 heteroatoms. The summed E-state index contributed by atoms with van der Waals surface area (Å²) in [6.07, 6.45) is -1.97. The van der Waals surface area contributed by atoms with Gasteiger partial charge in [0, 0.05) is 6.42 Å². The molecule has 19 heavy (non-hydrogen) atoms. The zero-order valence-electron chi connectivity index (χ0n) is 10.3. The number of rotatable bonds is 2. The summed E-state index contributed by atoms with van der Waals surface area (Å²) in [5.41, 5.74) is 5.86. The van der Waals surface area contributed by atoms with Gasteiger partial charge in [-0.05, 0) is 0 Å². The second-order valence-corrected chi connectivity index (χ2v) is 5.11. The molecule has 0 aromatic carbocycles. The Hall–Kier alpha value is -0.970. The highest BCUT2D eigenvalue weighted by Crippen LogP contribution is 2.27. The summed E-state index contributed by atoms with van der Waals surface area (Å²) in [5, 5.41) is 27.5. The molecule has 3 aliphatic rings. The van der Waals surface area contributed by atoms with Gasteiger partial charge in [-0.15, -0.1) is 0 Å². The number of ether oxygens (including phenoxy) is 1. The Bertz CT molecular complexity index is 370. The van der Waals surface area contributed by atoms with Crippen molar-refractivity contribution in [2.24, 2.45) is 5.73 Å². The van der Waals surface area contributed by atoms with Crippen molar-refractivity contribution < 1.29 is 19.7 Å². The standard InChI is InChI=1S/C10H19N5O4/c11-8-7-9(14-10(18)13-8)15(3-12-7)6-1-4(17)5(2-16)19-6/h4-9,12,16-17H,1-3,11H2,(H2,13,14,18)/t4-,5+,6+,7?,8?,9?/m0/s1. The molecule has 0 saturated carbocycles. The van der Waals surface area contributed by atoms with E-state index in [0.717, 1.165) is 0 Å². The summed E-state index contributed by atoms with van der Waals surface area (Å²) < 4.78 is 5.60. The molecule has 108 valence electrons. The third-order valence-corrected chi connectivity index (χ3v) is 3.92. The van der Waals surface area contributed by atoms with Crippen molar-refractivity contribution in [3.8, 4) is 0 Å². The van der Waals surface area contributed by atoms with Crippen LogP contribution in [0.3, 0.4) is 0 Å². The monoisotopic (exact) mass is 273 g/mol. The van der Waals surface area contributed by atoms with Gasteiger partial charge in [0.05, 0.1) is 31.6 Å². The fourth-order valence-electron chi connectivity index (χ4n) is 2.91. The fraction of sp³-hybridized carbons (Fsp3) is 0.900. The zero-order chi connectivity index (χ0) is 13.6. The van der Waals surface area contributed by atoms with Gasteiger partial charge in [0.25, 0.3) is 0 Å². The lowest BCUT2D eigenvalue weighted by Gasteiger charge is -2.37. The van der Waals surface area contributed by atoms with Crippen LogP contribution in [-0.2, 0) is 4.74 Å². The van der Waals surface area contributed by atoms with Gasteiger partial charge in [-0.3, -0.25) is 5.32 Å². The van der Waals surface area contributed by atoms with Crippen LogP contribution in [-0.4, -0.2) is 71.2 Å². The van der Waals surface area contributed by atoms with Crippen LogP contribution in [0.25, 0.3) is 0 Å². The highest BCUT2D eigenvalue weighted by molar-refractivity contribution is 5.75. The van der Waals surface area contributed by atoms with Crippen molar-refractivity contribution in [2.45, 2.75) is 43.2 Å². The van der Waals surface area contributed by atoms with Crippen molar-refractivity contribution in [2.75, 3.05) is 13.3 Å². The minimum Gasteiger partial charge on any atom is -0.394 e. The first-order valence-electron chi connectivity index (χ1n) is 6.36. The molecular weight excluding hydrogens is 254 g/mol. The minimum atomic E-state index is -0.694. The first-order valence-corrected chi connectivity index (χ1v) is 6.36. The Morgan fingerprint density at radius 2 is 2.26 bits per heavy atom.